The van der Waals surface area contributed by atoms with E-state index in [0.717, 1.165) is 0 Å². The van der Waals surface area contributed by atoms with Crippen molar-refractivity contribution in [3.63, 3.8) is 0 Å². The molecule has 1 saturated carbocycles. The van der Waals surface area contributed by atoms with Gasteiger partial charge in [0.15, 0.2) is 0 Å². The molecule has 2 nitrogen and oxygen atoms in total. The van der Waals surface area contributed by atoms with Crippen molar-refractivity contribution < 1.29 is 0 Å². The van der Waals surface area contributed by atoms with E-state index in [1.165, 1.54) is 12.8 Å². The van der Waals surface area contributed by atoms with E-state index in [2.05, 4.69) is 31.3 Å². The minimum absolute atomic E-state index is 0.595. The van der Waals surface area contributed by atoms with Crippen LogP contribution in [-0.4, -0.2) is 25.1 Å². The average molecular weight is 142 g/mol. The summed E-state index contributed by atoms with van der Waals surface area (Å²) in [6.45, 7) is 4.63. The average Bonchev–Trinajstić information content (AvgIpc) is 2.66. The largest absolute Gasteiger partial charge is 0.258 e. The van der Waals surface area contributed by atoms with Crippen LogP contribution in [0.2, 0.25) is 0 Å². The third-order valence-electron chi connectivity index (χ3n) is 2.98. The number of hydrazine groups is 1. The van der Waals surface area contributed by atoms with Gasteiger partial charge in [0, 0.05) is 13.1 Å². The monoisotopic (exact) mass is 142 g/mol. The maximum Gasteiger partial charge on any atom is 0.0265 e. The van der Waals surface area contributed by atoms with E-state index in [0.29, 0.717) is 11.5 Å². The third kappa shape index (κ3) is 1.32. The summed E-state index contributed by atoms with van der Waals surface area (Å²) in [5.41, 5.74) is 3.74. The molecule has 1 rings (SSSR count). The molecule has 60 valence electrons. The van der Waals surface area contributed by atoms with Gasteiger partial charge in [0.1, 0.15) is 0 Å². The van der Waals surface area contributed by atoms with Gasteiger partial charge in [-0.15, -0.1) is 0 Å². The normalized spacial score (nSPS) is 24.9. The highest BCUT2D eigenvalue weighted by Gasteiger charge is 2.43. The first-order chi connectivity index (χ1) is 4.60. The Bertz CT molecular complexity index is 118. The van der Waals surface area contributed by atoms with Crippen LogP contribution in [0.15, 0.2) is 0 Å². The van der Waals surface area contributed by atoms with Gasteiger partial charge >= 0.3 is 0 Å². The number of nitrogens with zero attached hydrogens (tertiary/aromatic N) is 1. The molecule has 0 amide bonds. The van der Waals surface area contributed by atoms with E-state index in [-0.39, 0.29) is 0 Å². The quantitative estimate of drug-likeness (QED) is 0.596. The first-order valence-electron chi connectivity index (χ1n) is 4.00. The molecule has 0 spiro atoms. The molecule has 1 aliphatic carbocycles. The van der Waals surface area contributed by atoms with E-state index >= 15 is 0 Å². The second kappa shape index (κ2) is 2.51. The van der Waals surface area contributed by atoms with Crippen molar-refractivity contribution >= 4 is 0 Å². The Morgan fingerprint density at radius 1 is 1.50 bits per heavy atom. The number of rotatable bonds is 3. The fourth-order valence-corrected chi connectivity index (χ4v) is 1.28. The van der Waals surface area contributed by atoms with E-state index < -0.39 is 0 Å². The standard InChI is InChI=1S/C8H18N2/c1-7(10(4)9-3)8(2)5-6-8/h7,9H,5-6H2,1-4H3. The maximum absolute atomic E-state index is 3.14. The molecule has 2 heteroatoms. The van der Waals surface area contributed by atoms with Crippen molar-refractivity contribution in [2.24, 2.45) is 5.41 Å². The van der Waals surface area contributed by atoms with Gasteiger partial charge in [0.2, 0.25) is 0 Å². The van der Waals surface area contributed by atoms with Crippen LogP contribution in [0.1, 0.15) is 26.7 Å². The Labute approximate surface area is 63.6 Å². The zero-order valence-electron chi connectivity index (χ0n) is 7.44. The van der Waals surface area contributed by atoms with E-state index in [1.807, 2.05) is 7.05 Å². The second-order valence-electron chi connectivity index (χ2n) is 3.66. The van der Waals surface area contributed by atoms with Crippen LogP contribution in [0, 0.1) is 5.41 Å². The summed E-state index contributed by atoms with van der Waals surface area (Å²) < 4.78 is 0. The highest BCUT2D eigenvalue weighted by molar-refractivity contribution is 4.96. The number of nitrogens with one attached hydrogen (secondary N) is 1. The molecule has 1 N–H and O–H groups in total. The Kier molecular flexibility index (Phi) is 2.02. The van der Waals surface area contributed by atoms with E-state index in [1.54, 1.807) is 0 Å². The molecule has 0 heterocycles. The fraction of sp³-hybridized carbons (Fsp3) is 1.00. The first kappa shape index (κ1) is 8.02. The predicted molar refractivity (Wildman–Crippen MR) is 43.6 cm³/mol. The summed E-state index contributed by atoms with van der Waals surface area (Å²) in [7, 11) is 4.08. The fourth-order valence-electron chi connectivity index (χ4n) is 1.28. The zero-order chi connectivity index (χ0) is 7.78. The molecule has 0 aromatic heterocycles. The Morgan fingerprint density at radius 2 is 2.00 bits per heavy atom. The van der Waals surface area contributed by atoms with Gasteiger partial charge in [0.05, 0.1) is 0 Å². The van der Waals surface area contributed by atoms with Gasteiger partial charge in [-0.1, -0.05) is 6.92 Å². The van der Waals surface area contributed by atoms with Crippen molar-refractivity contribution in [1.29, 1.82) is 0 Å². The lowest BCUT2D eigenvalue weighted by atomic mass is 10.0. The molecule has 1 aliphatic rings. The topological polar surface area (TPSA) is 15.3 Å². The summed E-state index contributed by atoms with van der Waals surface area (Å²) in [5.74, 6) is 0. The van der Waals surface area contributed by atoms with Crippen molar-refractivity contribution in [3.8, 4) is 0 Å². The molecule has 1 atom stereocenters. The minimum Gasteiger partial charge on any atom is -0.258 e. The zero-order valence-corrected chi connectivity index (χ0v) is 7.44. The molecule has 1 unspecified atom stereocenters. The smallest absolute Gasteiger partial charge is 0.0265 e. The van der Waals surface area contributed by atoms with Crippen LogP contribution >= 0.6 is 0 Å². The molecular weight excluding hydrogens is 124 g/mol. The Morgan fingerprint density at radius 3 is 2.30 bits per heavy atom. The molecule has 0 bridgehead atoms. The number of hydrogen-bond donors (Lipinski definition) is 1. The summed E-state index contributed by atoms with van der Waals surface area (Å²) in [6.07, 6.45) is 2.78. The summed E-state index contributed by atoms with van der Waals surface area (Å²) in [4.78, 5) is 0. The lowest BCUT2D eigenvalue weighted by molar-refractivity contribution is 0.136. The maximum atomic E-state index is 3.14. The van der Waals surface area contributed by atoms with Crippen LogP contribution in [0.4, 0.5) is 0 Å². The van der Waals surface area contributed by atoms with Crippen LogP contribution in [0.25, 0.3) is 0 Å². The number of hydrogen-bond acceptors (Lipinski definition) is 2. The van der Waals surface area contributed by atoms with Crippen molar-refractivity contribution in [2.75, 3.05) is 14.1 Å². The second-order valence-corrected chi connectivity index (χ2v) is 3.66. The highest BCUT2D eigenvalue weighted by atomic mass is 15.5. The van der Waals surface area contributed by atoms with Crippen LogP contribution in [-0.2, 0) is 0 Å². The van der Waals surface area contributed by atoms with Crippen molar-refractivity contribution in [1.82, 2.24) is 10.4 Å². The van der Waals surface area contributed by atoms with Crippen molar-refractivity contribution in [3.05, 3.63) is 0 Å². The minimum atomic E-state index is 0.595. The van der Waals surface area contributed by atoms with Gasteiger partial charge in [-0.25, -0.2) is 5.01 Å². The summed E-state index contributed by atoms with van der Waals surface area (Å²) in [6, 6.07) is 0.664. The molecule has 0 aromatic rings. The van der Waals surface area contributed by atoms with Crippen LogP contribution in [0.3, 0.4) is 0 Å². The summed E-state index contributed by atoms with van der Waals surface area (Å²) in [5, 5.41) is 2.19. The Balaban J connectivity index is 2.40. The van der Waals surface area contributed by atoms with Crippen molar-refractivity contribution in [2.45, 2.75) is 32.7 Å². The first-order valence-corrected chi connectivity index (χ1v) is 4.00. The predicted octanol–water partition coefficient (Wildman–Crippen LogP) is 1.24. The molecule has 1 fully saturated rings. The van der Waals surface area contributed by atoms with Crippen LogP contribution in [0.5, 0.6) is 0 Å². The molecule has 10 heavy (non-hydrogen) atoms. The van der Waals surface area contributed by atoms with Gasteiger partial charge in [0.25, 0.3) is 0 Å². The van der Waals surface area contributed by atoms with E-state index in [9.17, 15) is 0 Å². The SMILES string of the molecule is CNN(C)C(C)C1(C)CC1. The molecule has 0 saturated heterocycles. The molecule has 0 aromatic carbocycles. The van der Waals surface area contributed by atoms with Crippen LogP contribution < -0.4 is 5.43 Å². The summed E-state index contributed by atoms with van der Waals surface area (Å²) >= 11 is 0. The van der Waals surface area contributed by atoms with E-state index in [4.69, 9.17) is 0 Å². The molecular formula is C8H18N2. The van der Waals surface area contributed by atoms with Gasteiger partial charge in [-0.2, -0.15) is 0 Å². The molecule has 0 radical (unpaired) electrons. The van der Waals surface area contributed by atoms with Gasteiger partial charge < -0.3 is 0 Å². The Hall–Kier alpha value is -0.0800. The lowest BCUT2D eigenvalue weighted by Gasteiger charge is -2.28. The van der Waals surface area contributed by atoms with Gasteiger partial charge in [-0.3, -0.25) is 5.43 Å². The highest BCUT2D eigenvalue weighted by Crippen LogP contribution is 2.49. The third-order valence-corrected chi connectivity index (χ3v) is 2.98. The lowest BCUT2D eigenvalue weighted by Crippen LogP contribution is -2.42. The van der Waals surface area contributed by atoms with Gasteiger partial charge in [-0.05, 0) is 32.2 Å². The molecule has 0 aliphatic heterocycles.